The first-order valence-electron chi connectivity index (χ1n) is 5.59. The molecule has 0 heterocycles. The number of hydrogen-bond donors (Lipinski definition) is 0. The van der Waals surface area contributed by atoms with Gasteiger partial charge >= 0.3 is 8.80 Å². The molecule has 0 aliphatic carbocycles. The van der Waals surface area contributed by atoms with E-state index >= 15 is 0 Å². The van der Waals surface area contributed by atoms with E-state index in [-0.39, 0.29) is 0 Å². The van der Waals surface area contributed by atoms with E-state index in [1.165, 1.54) is 0 Å². The van der Waals surface area contributed by atoms with Gasteiger partial charge in [-0.2, -0.15) is 0 Å². The molecular weight excluding hydrogens is 210 g/mol. The molecule has 0 aromatic rings. The fraction of sp³-hybridized carbons (Fsp3) is 0.900. The van der Waals surface area contributed by atoms with Gasteiger partial charge in [0, 0.05) is 32.4 Å². The molecule has 0 fully saturated rings. The maximum absolute atomic E-state index is 5.69. The van der Waals surface area contributed by atoms with E-state index in [0.717, 1.165) is 19.0 Å². The molecule has 0 spiro atoms. The van der Waals surface area contributed by atoms with Crippen LogP contribution in [0.2, 0.25) is 6.04 Å². The zero-order chi connectivity index (χ0) is 11.6. The summed E-state index contributed by atoms with van der Waals surface area (Å²) in [4.78, 5) is 3.82. The Morgan fingerprint density at radius 1 is 1.00 bits per heavy atom. The number of rotatable bonds is 10. The van der Waals surface area contributed by atoms with Crippen molar-refractivity contribution in [1.82, 2.24) is 0 Å². The monoisotopic (exact) mass is 233 g/mol. The van der Waals surface area contributed by atoms with E-state index in [0.29, 0.717) is 19.8 Å². The lowest BCUT2D eigenvalue weighted by molar-refractivity contribution is 0.0710. The van der Waals surface area contributed by atoms with Crippen LogP contribution in [0.1, 0.15) is 27.2 Å². The highest BCUT2D eigenvalue weighted by molar-refractivity contribution is 6.60. The van der Waals surface area contributed by atoms with Crippen LogP contribution in [0.25, 0.3) is 0 Å². The predicted octanol–water partition coefficient (Wildman–Crippen LogP) is 2.13. The lowest BCUT2D eigenvalue weighted by atomic mass is 10.5. The number of hydrogen-bond acceptors (Lipinski definition) is 4. The smallest absolute Gasteiger partial charge is 0.374 e. The average molecular weight is 233 g/mol. The van der Waals surface area contributed by atoms with Crippen molar-refractivity contribution >= 4 is 15.5 Å². The van der Waals surface area contributed by atoms with Crippen LogP contribution in [0.5, 0.6) is 0 Å². The van der Waals surface area contributed by atoms with Gasteiger partial charge in [-0.05, 0) is 33.9 Å². The molecule has 0 amide bonds. The molecule has 0 saturated heterocycles. The minimum atomic E-state index is -2.42. The van der Waals surface area contributed by atoms with E-state index in [9.17, 15) is 0 Å². The number of aliphatic imine (C=N–C) groups is 1. The summed E-state index contributed by atoms with van der Waals surface area (Å²) in [6, 6.07) is 0.821. The Kier molecular flexibility index (Phi) is 8.89. The van der Waals surface area contributed by atoms with Crippen molar-refractivity contribution in [3.8, 4) is 0 Å². The van der Waals surface area contributed by atoms with Gasteiger partial charge < -0.3 is 18.3 Å². The fourth-order valence-corrected chi connectivity index (χ4v) is 4.00. The first-order valence-corrected chi connectivity index (χ1v) is 7.52. The quantitative estimate of drug-likeness (QED) is 0.330. The van der Waals surface area contributed by atoms with Crippen molar-refractivity contribution in [3.05, 3.63) is 0 Å². The lowest BCUT2D eigenvalue weighted by Gasteiger charge is -2.28. The third kappa shape index (κ3) is 6.04. The van der Waals surface area contributed by atoms with Gasteiger partial charge in [-0.25, -0.2) is 0 Å². The highest BCUT2D eigenvalue weighted by Crippen LogP contribution is 2.17. The van der Waals surface area contributed by atoms with Gasteiger partial charge in [-0.3, -0.25) is 0 Å². The fourth-order valence-electron chi connectivity index (χ4n) is 1.41. The largest absolute Gasteiger partial charge is 0.500 e. The number of nitrogens with zero attached hydrogens (tertiary/aromatic N) is 1. The van der Waals surface area contributed by atoms with Crippen molar-refractivity contribution < 1.29 is 13.3 Å². The molecule has 0 aliphatic heterocycles. The molecule has 0 saturated carbocycles. The maximum atomic E-state index is 5.69. The molecule has 0 atom stereocenters. The summed E-state index contributed by atoms with van der Waals surface area (Å²) in [7, 11) is -2.42. The standard InChI is InChI=1S/C10H23NO3Si/c1-5-12-15(13-6-2,14-7-3)10-8-9-11-4/h4-10H2,1-3H3. The van der Waals surface area contributed by atoms with Gasteiger partial charge in [-0.1, -0.05) is 0 Å². The molecule has 0 rings (SSSR count). The molecule has 0 unspecified atom stereocenters. The third-order valence-corrected chi connectivity index (χ3v) is 5.04. The molecule has 5 heteroatoms. The maximum Gasteiger partial charge on any atom is 0.500 e. The SMILES string of the molecule is C=NCCC[Si](OCC)(OCC)OCC. The van der Waals surface area contributed by atoms with Crippen molar-refractivity contribution in [1.29, 1.82) is 0 Å². The molecule has 0 radical (unpaired) electrons. The third-order valence-electron chi connectivity index (χ3n) is 1.89. The van der Waals surface area contributed by atoms with Gasteiger partial charge in [0.2, 0.25) is 0 Å². The van der Waals surface area contributed by atoms with Crippen LogP contribution in [0.15, 0.2) is 4.99 Å². The van der Waals surface area contributed by atoms with Crippen LogP contribution in [-0.2, 0) is 13.3 Å². The Morgan fingerprint density at radius 3 is 1.80 bits per heavy atom. The zero-order valence-corrected chi connectivity index (χ0v) is 11.1. The summed E-state index contributed by atoms with van der Waals surface area (Å²) in [6.07, 6.45) is 0.912. The first kappa shape index (κ1) is 14.8. The lowest BCUT2D eigenvalue weighted by Crippen LogP contribution is -2.46. The minimum Gasteiger partial charge on any atom is -0.374 e. The molecular formula is C10H23NO3Si. The molecule has 0 aliphatic rings. The molecule has 90 valence electrons. The van der Waals surface area contributed by atoms with Crippen molar-refractivity contribution in [3.63, 3.8) is 0 Å². The van der Waals surface area contributed by atoms with Gasteiger partial charge in [-0.15, -0.1) is 0 Å². The van der Waals surface area contributed by atoms with Crippen LogP contribution < -0.4 is 0 Å². The van der Waals surface area contributed by atoms with Gasteiger partial charge in [0.25, 0.3) is 0 Å². The summed E-state index contributed by atoms with van der Waals surface area (Å²) in [6.45, 7) is 12.0. The van der Waals surface area contributed by atoms with E-state index in [1.54, 1.807) is 0 Å². The normalized spacial score (nSPS) is 11.7. The van der Waals surface area contributed by atoms with E-state index in [4.69, 9.17) is 13.3 Å². The Hall–Kier alpha value is -0.233. The first-order chi connectivity index (χ1) is 7.24. The molecule has 0 N–H and O–H groups in total. The second kappa shape index (κ2) is 9.03. The highest BCUT2D eigenvalue weighted by Gasteiger charge is 2.39. The Morgan fingerprint density at radius 2 is 1.47 bits per heavy atom. The van der Waals surface area contributed by atoms with Crippen LogP contribution in [-0.4, -0.2) is 41.9 Å². The predicted molar refractivity (Wildman–Crippen MR) is 64.5 cm³/mol. The van der Waals surface area contributed by atoms with E-state index in [2.05, 4.69) is 11.7 Å². The van der Waals surface area contributed by atoms with Crippen LogP contribution >= 0.6 is 0 Å². The molecule has 0 bridgehead atoms. The van der Waals surface area contributed by atoms with Crippen molar-refractivity contribution in [2.24, 2.45) is 4.99 Å². The van der Waals surface area contributed by atoms with Crippen molar-refractivity contribution in [2.75, 3.05) is 26.4 Å². The van der Waals surface area contributed by atoms with Gasteiger partial charge in [0.05, 0.1) is 0 Å². The zero-order valence-electron chi connectivity index (χ0n) is 10.1. The van der Waals surface area contributed by atoms with Gasteiger partial charge in [0.1, 0.15) is 0 Å². The van der Waals surface area contributed by atoms with E-state index in [1.807, 2.05) is 20.8 Å². The van der Waals surface area contributed by atoms with Crippen LogP contribution in [0.3, 0.4) is 0 Å². The summed E-state index contributed by atoms with van der Waals surface area (Å²) in [5, 5.41) is 0. The second-order valence-electron chi connectivity index (χ2n) is 3.03. The Bertz CT molecular complexity index is 150. The molecule has 4 nitrogen and oxygen atoms in total. The van der Waals surface area contributed by atoms with Crippen molar-refractivity contribution in [2.45, 2.75) is 33.2 Å². The van der Waals surface area contributed by atoms with Crippen LogP contribution in [0, 0.1) is 0 Å². The van der Waals surface area contributed by atoms with E-state index < -0.39 is 8.80 Å². The van der Waals surface area contributed by atoms with Gasteiger partial charge in [0.15, 0.2) is 0 Å². The Labute approximate surface area is 94.0 Å². The average Bonchev–Trinajstić information content (AvgIpc) is 2.19. The summed E-state index contributed by atoms with van der Waals surface area (Å²) < 4.78 is 17.1. The minimum absolute atomic E-state index is 0.633. The molecule has 0 aromatic heterocycles. The Balaban J connectivity index is 4.24. The highest BCUT2D eigenvalue weighted by atomic mass is 28.4. The summed E-state index contributed by atoms with van der Waals surface area (Å²) >= 11 is 0. The topological polar surface area (TPSA) is 40.0 Å². The van der Waals surface area contributed by atoms with Crippen LogP contribution in [0.4, 0.5) is 0 Å². The molecule has 0 aromatic carbocycles. The summed E-state index contributed by atoms with van der Waals surface area (Å²) in [5.41, 5.74) is 0. The summed E-state index contributed by atoms with van der Waals surface area (Å²) in [5.74, 6) is 0. The molecule has 15 heavy (non-hydrogen) atoms. The second-order valence-corrected chi connectivity index (χ2v) is 5.76.